The zero-order chi connectivity index (χ0) is 37.7. The third kappa shape index (κ3) is 8.48. The summed E-state index contributed by atoms with van der Waals surface area (Å²) >= 11 is 0. The van der Waals surface area contributed by atoms with E-state index in [-0.39, 0.29) is 48.4 Å². The molecule has 2 aliphatic heterocycles. The van der Waals surface area contributed by atoms with Gasteiger partial charge in [-0.25, -0.2) is 0 Å². The van der Waals surface area contributed by atoms with Crippen molar-refractivity contribution in [2.45, 2.75) is 106 Å². The molecule has 14 heteroatoms. The van der Waals surface area contributed by atoms with Crippen molar-refractivity contribution in [3.63, 3.8) is 0 Å². The summed E-state index contributed by atoms with van der Waals surface area (Å²) in [5, 5.41) is 23.9. The van der Waals surface area contributed by atoms with Crippen LogP contribution < -0.4 is 10.6 Å². The van der Waals surface area contributed by atoms with Crippen molar-refractivity contribution in [2.24, 2.45) is 57.2 Å². The molecule has 5 rings (SSSR count). The summed E-state index contributed by atoms with van der Waals surface area (Å²) in [4.78, 5) is 76.7. The van der Waals surface area contributed by atoms with Gasteiger partial charge in [-0.1, -0.05) is 55.4 Å². The normalized spacial score (nSPS) is 30.0. The number of nitrogens with zero attached hydrogens (tertiary/aromatic N) is 2. The lowest BCUT2D eigenvalue weighted by Crippen LogP contribution is -2.52. The fourth-order valence-electron chi connectivity index (χ4n) is 9.78. The first-order chi connectivity index (χ1) is 22.9. The number of aliphatic hydroxyl groups excluding tert-OH is 2. The van der Waals surface area contributed by atoms with Crippen LogP contribution in [0.3, 0.4) is 0 Å². The van der Waals surface area contributed by atoms with E-state index in [0.717, 1.165) is 25.7 Å². The smallest absolute Gasteiger partial charge is 0.238 e. The molecular weight excluding hydrogens is 638 g/mol. The average Bonchev–Trinajstić information content (AvgIpc) is 3.15. The molecule has 3 aliphatic carbocycles. The van der Waals surface area contributed by atoms with Gasteiger partial charge in [-0.15, -0.1) is 0 Å². The monoisotopic (exact) mass is 694 g/mol. The van der Waals surface area contributed by atoms with Crippen molar-refractivity contribution < 1.29 is 39.0 Å². The van der Waals surface area contributed by atoms with Crippen LogP contribution in [0.5, 0.6) is 0 Å². The molecule has 5 fully saturated rings. The molecule has 3 saturated carbocycles. The maximum absolute atomic E-state index is 13.2. The Morgan fingerprint density at radius 2 is 1.06 bits per heavy atom. The number of likely N-dealkylation sites (tertiary alicyclic amines) is 2. The van der Waals surface area contributed by atoms with E-state index >= 15 is 0 Å². The Morgan fingerprint density at radius 3 is 1.40 bits per heavy atom. The van der Waals surface area contributed by atoms with E-state index in [2.05, 4.69) is 19.2 Å². The Kier molecular flexibility index (Phi) is 11.5. The van der Waals surface area contributed by atoms with Crippen LogP contribution in [0, 0.1) is 57.2 Å². The van der Waals surface area contributed by atoms with Gasteiger partial charge in [-0.2, -0.15) is 0 Å². The third-order valence-corrected chi connectivity index (χ3v) is 12.0. The number of fused-ring (bicyclic) bond motifs is 2. The first kappa shape index (κ1) is 40.0. The summed E-state index contributed by atoms with van der Waals surface area (Å²) in [6.07, 6.45) is 6.67. The minimum atomic E-state index is -1.03. The van der Waals surface area contributed by atoms with Gasteiger partial charge in [0.05, 0.1) is 25.3 Å². The highest BCUT2D eigenvalue weighted by molar-refractivity contribution is 6.59. The van der Waals surface area contributed by atoms with Crippen molar-refractivity contribution in [2.75, 3.05) is 26.3 Å². The second-order valence-corrected chi connectivity index (χ2v) is 18.6. The highest BCUT2D eigenvalue weighted by Gasteiger charge is 2.59. The van der Waals surface area contributed by atoms with Crippen LogP contribution in [0.2, 0.25) is 0 Å². The lowest BCUT2D eigenvalue weighted by Gasteiger charge is -2.35. The van der Waals surface area contributed by atoms with Gasteiger partial charge in [-0.3, -0.25) is 28.8 Å². The standard InChI is InChI=1S/C18H27BN2O4.C18H29BN2O4/c1-17(2,3)13(14(23)20-16(19)25)15(24)21-8-10-6-18(4-5-18)7-11(10)12(21)9-22;1-17(2,3)13(14(23)20-16(19)25)15(24)21-8-10-6-18(4,5)7-11(10)12(21)9-22/h10-13,22H,4-9H2,1-3H3,(H,20,23,25);10-13,22H,6-9H2,1-5H3,(H,20,23,25)/t2*10?,11-,12+,13+/m00/s1. The van der Waals surface area contributed by atoms with E-state index in [4.69, 9.17) is 15.7 Å². The lowest BCUT2D eigenvalue weighted by atomic mass is 9.78. The Labute approximate surface area is 299 Å². The molecule has 4 N–H and O–H groups in total. The molecule has 0 aromatic heterocycles. The molecule has 2 unspecified atom stereocenters. The van der Waals surface area contributed by atoms with Crippen LogP contribution in [0.25, 0.3) is 0 Å². The molecule has 6 amide bonds. The Morgan fingerprint density at radius 1 is 0.680 bits per heavy atom. The fourth-order valence-corrected chi connectivity index (χ4v) is 9.78. The van der Waals surface area contributed by atoms with Crippen LogP contribution >= 0.6 is 0 Å². The number of hydrogen-bond donors (Lipinski definition) is 4. The average molecular weight is 694 g/mol. The van der Waals surface area contributed by atoms with Crippen molar-refractivity contribution >= 4 is 50.9 Å². The molecule has 0 bridgehead atoms. The zero-order valence-electron chi connectivity index (χ0n) is 31.1. The first-order valence-corrected chi connectivity index (χ1v) is 18.0. The molecule has 5 aliphatic rings. The number of carbonyl (C=O) groups excluding carboxylic acids is 6. The molecule has 4 radical (unpaired) electrons. The topological polar surface area (TPSA) is 173 Å². The van der Waals surface area contributed by atoms with Crippen molar-refractivity contribution in [1.82, 2.24) is 20.4 Å². The van der Waals surface area contributed by atoms with E-state index < -0.39 is 46.1 Å². The zero-order valence-corrected chi connectivity index (χ0v) is 31.1. The molecule has 0 aromatic carbocycles. The van der Waals surface area contributed by atoms with Crippen LogP contribution in [-0.4, -0.2) is 109 Å². The van der Waals surface area contributed by atoms with E-state index in [9.17, 15) is 39.0 Å². The number of hydrogen-bond acceptors (Lipinski definition) is 8. The molecule has 8 atom stereocenters. The molecule has 2 saturated heterocycles. The van der Waals surface area contributed by atoms with Crippen molar-refractivity contribution in [1.29, 1.82) is 0 Å². The van der Waals surface area contributed by atoms with Gasteiger partial charge >= 0.3 is 0 Å². The summed E-state index contributed by atoms with van der Waals surface area (Å²) in [5.74, 6) is -4.65. The maximum atomic E-state index is 13.2. The Balaban J connectivity index is 0.000000225. The second-order valence-electron chi connectivity index (χ2n) is 18.6. The highest BCUT2D eigenvalue weighted by Crippen LogP contribution is 2.64. The number of rotatable bonds is 6. The molecule has 2 heterocycles. The Bertz CT molecular complexity index is 1280. The minimum absolute atomic E-state index is 0.0860. The summed E-state index contributed by atoms with van der Waals surface area (Å²) < 4.78 is 0. The van der Waals surface area contributed by atoms with Gasteiger partial charge in [0, 0.05) is 13.1 Å². The first-order valence-electron chi connectivity index (χ1n) is 18.0. The van der Waals surface area contributed by atoms with Crippen molar-refractivity contribution in [3.8, 4) is 0 Å². The van der Waals surface area contributed by atoms with Gasteiger partial charge in [0.15, 0.2) is 11.6 Å². The number of nitrogens with one attached hydrogen (secondary N) is 2. The van der Waals surface area contributed by atoms with Crippen LogP contribution in [-0.2, 0) is 19.2 Å². The Hall–Kier alpha value is -2.73. The second kappa shape index (κ2) is 14.4. The number of aliphatic hydroxyl groups is 2. The van der Waals surface area contributed by atoms with Gasteiger partial charge in [0.2, 0.25) is 39.3 Å². The van der Waals surface area contributed by atoms with Crippen LogP contribution in [0.1, 0.15) is 93.9 Å². The predicted molar refractivity (Wildman–Crippen MR) is 188 cm³/mol. The minimum Gasteiger partial charge on any atom is -0.394 e. The lowest BCUT2D eigenvalue weighted by molar-refractivity contribution is -0.149. The summed E-state index contributed by atoms with van der Waals surface area (Å²) in [6.45, 7) is 16.1. The van der Waals surface area contributed by atoms with Crippen molar-refractivity contribution in [3.05, 3.63) is 0 Å². The maximum Gasteiger partial charge on any atom is 0.238 e. The van der Waals surface area contributed by atoms with E-state index in [1.54, 1.807) is 51.3 Å². The fraction of sp³-hybridized carbons (Fsp3) is 0.833. The molecule has 1 spiro atoms. The van der Waals surface area contributed by atoms with Crippen LogP contribution in [0.4, 0.5) is 9.59 Å². The molecule has 50 heavy (non-hydrogen) atoms. The van der Waals surface area contributed by atoms with Crippen LogP contribution in [0.15, 0.2) is 0 Å². The molecule has 0 aromatic rings. The summed E-state index contributed by atoms with van der Waals surface area (Å²) in [6, 6.07) is -0.505. The molecule has 274 valence electrons. The number of amides is 6. The molecular formula is C36H56B2N4O8. The van der Waals surface area contributed by atoms with Gasteiger partial charge < -0.3 is 30.6 Å². The van der Waals surface area contributed by atoms with E-state index in [0.29, 0.717) is 36.3 Å². The van der Waals surface area contributed by atoms with Gasteiger partial charge in [-0.05, 0) is 83.9 Å². The van der Waals surface area contributed by atoms with Gasteiger partial charge in [0.25, 0.3) is 0 Å². The van der Waals surface area contributed by atoms with Gasteiger partial charge in [0.1, 0.15) is 11.8 Å². The number of carbonyl (C=O) groups is 6. The summed E-state index contributed by atoms with van der Waals surface area (Å²) in [5.41, 5.74) is -0.658. The molecule has 12 nitrogen and oxygen atoms in total. The highest BCUT2D eigenvalue weighted by atomic mass is 16.3. The SMILES string of the molecule is [B]C(=O)NC(=O)[C@H](C(=O)N1CC2CC(C)(C)C[C@@H]2[C@H]1CO)C(C)(C)C.[B]C(=O)NC(=O)[C@H](C(=O)N1CC2CC3(CC3)C[C@@H]2[C@H]1CO)C(C)(C)C. The predicted octanol–water partition coefficient (Wildman–Crippen LogP) is 2.37. The summed E-state index contributed by atoms with van der Waals surface area (Å²) in [7, 11) is 10.1. The van der Waals surface area contributed by atoms with E-state index in [1.165, 1.54) is 12.8 Å². The quantitative estimate of drug-likeness (QED) is 0.242. The number of imide groups is 2. The largest absolute Gasteiger partial charge is 0.394 e. The third-order valence-electron chi connectivity index (χ3n) is 12.0. The van der Waals surface area contributed by atoms with E-state index in [1.807, 2.05) is 5.32 Å².